The number of aromatic amines is 1. The number of hydrogen-bond donors (Lipinski definition) is 7. The van der Waals surface area contributed by atoms with Crippen LogP contribution in [0, 0.1) is 29.6 Å². The van der Waals surface area contributed by atoms with Gasteiger partial charge in [-0.15, -0.1) is 5.92 Å². The number of hydrogen-bond acceptors (Lipinski definition) is 7. The average Bonchev–Trinajstić information content (AvgIpc) is 3.50. The number of phenolic OH excluding ortho intramolecular Hbond substituents is 1. The number of aliphatic hydroxyl groups excluding tert-OH is 3. The smallest absolute Gasteiger partial charge is 0.161 e. The standard InChI is InChI=1S/C34H47N3O5/c35-34-23-26(14-18-37-34)27(22-28-7-4-17-36-28)16-20-42-33-21-25(11-13-32(33)41)10-12-31(40)29-8-3-6-24(15-19-38)5-1-2-9-30(29)39/h4,7,11,13-14,17,21,23-24,27,29-31,36-41H,1-2,5,8-10,12,15-16,18-20,22,35H2. The summed E-state index contributed by atoms with van der Waals surface area (Å²) in [5.41, 5.74) is 9.30. The number of aryl methyl sites for hydroxylation is 1. The van der Waals surface area contributed by atoms with Gasteiger partial charge in [0.15, 0.2) is 11.5 Å². The van der Waals surface area contributed by atoms with Crippen LogP contribution in [0.3, 0.4) is 0 Å². The molecule has 0 saturated heterocycles. The van der Waals surface area contributed by atoms with Crippen molar-refractivity contribution in [2.24, 2.45) is 23.5 Å². The zero-order chi connectivity index (χ0) is 29.7. The van der Waals surface area contributed by atoms with Gasteiger partial charge in [-0.25, -0.2) is 0 Å². The van der Waals surface area contributed by atoms with E-state index >= 15 is 0 Å². The average molecular weight is 578 g/mol. The molecule has 4 rings (SSSR count). The summed E-state index contributed by atoms with van der Waals surface area (Å²) in [6.45, 7) is 1.25. The van der Waals surface area contributed by atoms with E-state index in [1.165, 1.54) is 5.57 Å². The van der Waals surface area contributed by atoms with Gasteiger partial charge in [-0.3, -0.25) is 0 Å². The van der Waals surface area contributed by atoms with E-state index in [4.69, 9.17) is 10.5 Å². The Balaban J connectivity index is 1.34. The maximum absolute atomic E-state index is 11.1. The lowest BCUT2D eigenvalue weighted by Gasteiger charge is -2.27. The fraction of sp³-hybridized carbons (Fsp3) is 0.529. The molecule has 0 bridgehead atoms. The topological polar surface area (TPSA) is 144 Å². The van der Waals surface area contributed by atoms with E-state index in [1.807, 2.05) is 30.5 Å². The number of aromatic nitrogens is 1. The predicted molar refractivity (Wildman–Crippen MR) is 164 cm³/mol. The number of benzene rings is 1. The van der Waals surface area contributed by atoms with Gasteiger partial charge in [0, 0.05) is 43.3 Å². The quantitative estimate of drug-likeness (QED) is 0.179. The molecule has 1 aliphatic heterocycles. The molecule has 5 unspecified atom stereocenters. The molecule has 8 heteroatoms. The third-order valence-corrected chi connectivity index (χ3v) is 8.46. The highest BCUT2D eigenvalue weighted by atomic mass is 16.5. The van der Waals surface area contributed by atoms with E-state index in [0.717, 1.165) is 43.4 Å². The van der Waals surface area contributed by atoms with Gasteiger partial charge in [0.2, 0.25) is 0 Å². The molecule has 0 radical (unpaired) electrons. The molecule has 1 aliphatic carbocycles. The summed E-state index contributed by atoms with van der Waals surface area (Å²) >= 11 is 0. The number of phenols is 1. The monoisotopic (exact) mass is 577 g/mol. The Morgan fingerprint density at radius 3 is 2.79 bits per heavy atom. The Morgan fingerprint density at radius 1 is 1.14 bits per heavy atom. The van der Waals surface area contributed by atoms with Crippen molar-refractivity contribution in [3.63, 3.8) is 0 Å². The summed E-state index contributed by atoms with van der Waals surface area (Å²) in [7, 11) is 0. The van der Waals surface area contributed by atoms with Crippen molar-refractivity contribution in [3.05, 3.63) is 71.3 Å². The minimum Gasteiger partial charge on any atom is -0.504 e. The van der Waals surface area contributed by atoms with Crippen LogP contribution in [-0.4, -0.2) is 57.4 Å². The number of aliphatic hydroxyl groups is 3. The molecule has 8 N–H and O–H groups in total. The highest BCUT2D eigenvalue weighted by Gasteiger charge is 2.27. The molecule has 1 aromatic carbocycles. The van der Waals surface area contributed by atoms with Crippen LogP contribution in [0.5, 0.6) is 11.5 Å². The molecule has 2 aliphatic rings. The minimum absolute atomic E-state index is 0.0842. The van der Waals surface area contributed by atoms with Crippen LogP contribution in [0.2, 0.25) is 0 Å². The van der Waals surface area contributed by atoms with E-state index in [1.54, 1.807) is 6.07 Å². The van der Waals surface area contributed by atoms with Crippen LogP contribution in [-0.2, 0) is 12.8 Å². The van der Waals surface area contributed by atoms with Crippen LogP contribution in [0.15, 0.2) is 60.1 Å². The number of nitrogens with two attached hydrogens (primary N) is 1. The molecule has 2 aromatic rings. The maximum Gasteiger partial charge on any atom is 0.161 e. The van der Waals surface area contributed by atoms with E-state index in [-0.39, 0.29) is 30.1 Å². The summed E-state index contributed by atoms with van der Waals surface area (Å²) < 4.78 is 6.08. The van der Waals surface area contributed by atoms with Gasteiger partial charge in [0.05, 0.1) is 24.6 Å². The largest absolute Gasteiger partial charge is 0.504 e. The summed E-state index contributed by atoms with van der Waals surface area (Å²) in [5, 5.41) is 44.8. The summed E-state index contributed by atoms with van der Waals surface area (Å²) in [6, 6.07) is 9.39. The number of H-pyrrole nitrogens is 1. The van der Waals surface area contributed by atoms with Gasteiger partial charge in [0.1, 0.15) is 0 Å². The van der Waals surface area contributed by atoms with Crippen molar-refractivity contribution in [1.82, 2.24) is 10.3 Å². The van der Waals surface area contributed by atoms with E-state index in [0.29, 0.717) is 56.8 Å². The zero-order valence-electron chi connectivity index (χ0n) is 24.5. The number of rotatable bonds is 13. The van der Waals surface area contributed by atoms with Crippen LogP contribution >= 0.6 is 0 Å². The van der Waals surface area contributed by atoms with E-state index < -0.39 is 12.2 Å². The van der Waals surface area contributed by atoms with Crippen molar-refractivity contribution in [2.75, 3.05) is 19.8 Å². The zero-order valence-corrected chi connectivity index (χ0v) is 24.5. The molecule has 228 valence electrons. The second-order valence-electron chi connectivity index (χ2n) is 11.6. The molecular weight excluding hydrogens is 530 g/mol. The normalized spacial score (nSPS) is 22.5. The molecule has 0 saturated carbocycles. The molecule has 1 aromatic heterocycles. The van der Waals surface area contributed by atoms with E-state index in [9.17, 15) is 20.4 Å². The Labute approximate surface area is 249 Å². The lowest BCUT2D eigenvalue weighted by molar-refractivity contribution is 0.00555. The Kier molecular flexibility index (Phi) is 12.3. The van der Waals surface area contributed by atoms with Gasteiger partial charge in [-0.2, -0.15) is 0 Å². The first kappa shape index (κ1) is 31.6. The number of ether oxygens (including phenoxy) is 1. The summed E-state index contributed by atoms with van der Waals surface area (Å²) in [4.78, 5) is 3.28. The molecule has 8 nitrogen and oxygen atoms in total. The van der Waals surface area contributed by atoms with Gasteiger partial charge < -0.3 is 41.2 Å². The van der Waals surface area contributed by atoms with Crippen molar-refractivity contribution in [1.29, 1.82) is 0 Å². The van der Waals surface area contributed by atoms with Crippen molar-refractivity contribution in [3.8, 4) is 23.3 Å². The third-order valence-electron chi connectivity index (χ3n) is 8.46. The second-order valence-corrected chi connectivity index (χ2v) is 11.6. The fourth-order valence-electron chi connectivity index (χ4n) is 5.93. The van der Waals surface area contributed by atoms with Crippen LogP contribution in [0.1, 0.15) is 62.6 Å². The lowest BCUT2D eigenvalue weighted by Crippen LogP contribution is -2.32. The van der Waals surface area contributed by atoms with Crippen LogP contribution in [0.4, 0.5) is 0 Å². The summed E-state index contributed by atoms with van der Waals surface area (Å²) in [5.74, 6) is 7.67. The SMILES string of the molecule is NC1=CC(C(CCOc2cc(CCC(O)C3CC#CC(CCO)CCCCC3O)ccc2O)Cc2ccc[nH]2)=CCN1. The van der Waals surface area contributed by atoms with Crippen LogP contribution < -0.4 is 15.8 Å². The first-order chi connectivity index (χ1) is 20.4. The Morgan fingerprint density at radius 2 is 2.00 bits per heavy atom. The van der Waals surface area contributed by atoms with Crippen molar-refractivity contribution >= 4 is 0 Å². The Hall–Kier alpha value is -3.38. The first-order valence-corrected chi connectivity index (χ1v) is 15.4. The molecule has 0 spiro atoms. The maximum atomic E-state index is 11.1. The number of allylic oxidation sites excluding steroid dienone is 2. The highest BCUT2D eigenvalue weighted by Crippen LogP contribution is 2.30. The fourth-order valence-corrected chi connectivity index (χ4v) is 5.93. The first-order valence-electron chi connectivity index (χ1n) is 15.4. The predicted octanol–water partition coefficient (Wildman–Crippen LogP) is 3.91. The third kappa shape index (κ3) is 9.59. The van der Waals surface area contributed by atoms with Crippen molar-refractivity contribution < 1.29 is 25.2 Å². The molecular formula is C34H47N3O5. The lowest BCUT2D eigenvalue weighted by atomic mass is 9.85. The molecule has 42 heavy (non-hydrogen) atoms. The molecule has 2 heterocycles. The molecule has 0 amide bonds. The second kappa shape index (κ2) is 16.3. The van der Waals surface area contributed by atoms with Gasteiger partial charge >= 0.3 is 0 Å². The molecule has 0 fully saturated rings. The van der Waals surface area contributed by atoms with E-state index in [2.05, 4.69) is 34.3 Å². The van der Waals surface area contributed by atoms with Gasteiger partial charge in [-0.1, -0.05) is 30.9 Å². The number of nitrogens with one attached hydrogen (secondary N) is 2. The Bertz CT molecular complexity index is 1230. The van der Waals surface area contributed by atoms with Crippen LogP contribution in [0.25, 0.3) is 0 Å². The minimum atomic E-state index is -0.698. The number of aromatic hydroxyl groups is 1. The highest BCUT2D eigenvalue weighted by molar-refractivity contribution is 5.42. The van der Waals surface area contributed by atoms with Gasteiger partial charge in [0.25, 0.3) is 0 Å². The number of dihydropyridines is 1. The van der Waals surface area contributed by atoms with Crippen molar-refractivity contribution in [2.45, 2.75) is 76.4 Å². The summed E-state index contributed by atoms with van der Waals surface area (Å²) in [6.07, 6.45) is 11.9. The van der Waals surface area contributed by atoms with Gasteiger partial charge in [-0.05, 0) is 92.3 Å². The molecule has 5 atom stereocenters.